The molecule has 6 nitrogen and oxygen atoms in total. The van der Waals surface area contributed by atoms with Crippen molar-refractivity contribution in [2.75, 3.05) is 25.1 Å². The number of ether oxygens (including phenoxy) is 1. The molecule has 4 rings (SSSR count). The van der Waals surface area contributed by atoms with Gasteiger partial charge in [-0.25, -0.2) is 13.1 Å². The molecule has 146 valence electrons. The smallest absolute Gasteiger partial charge is 0.240 e. The molecule has 0 saturated carbocycles. The van der Waals surface area contributed by atoms with Crippen molar-refractivity contribution in [1.29, 1.82) is 5.26 Å². The molecule has 2 atom stereocenters. The highest BCUT2D eigenvalue weighted by molar-refractivity contribution is 7.89. The van der Waals surface area contributed by atoms with E-state index in [1.807, 2.05) is 6.07 Å². The topological polar surface area (TPSA) is 82.4 Å². The average molecular weight is 398 g/mol. The van der Waals surface area contributed by atoms with Gasteiger partial charge in [-0.15, -0.1) is 0 Å². The minimum absolute atomic E-state index is 0.143. The first-order valence-corrected chi connectivity index (χ1v) is 10.9. The number of rotatable bonds is 6. The van der Waals surface area contributed by atoms with E-state index in [9.17, 15) is 8.42 Å². The fourth-order valence-electron chi connectivity index (χ4n) is 4.39. The number of methoxy groups -OCH3 is 1. The summed E-state index contributed by atoms with van der Waals surface area (Å²) >= 11 is 0. The van der Waals surface area contributed by atoms with Crippen molar-refractivity contribution in [3.05, 3.63) is 53.6 Å². The van der Waals surface area contributed by atoms with E-state index < -0.39 is 10.0 Å². The van der Waals surface area contributed by atoms with E-state index in [0.717, 1.165) is 13.0 Å². The van der Waals surface area contributed by atoms with Crippen LogP contribution >= 0.6 is 0 Å². The van der Waals surface area contributed by atoms with E-state index in [1.54, 1.807) is 31.4 Å². The maximum absolute atomic E-state index is 12.8. The van der Waals surface area contributed by atoms with Gasteiger partial charge in [0.2, 0.25) is 10.0 Å². The first kappa shape index (κ1) is 18.8. The number of nitrogens with one attached hydrogen (secondary N) is 1. The van der Waals surface area contributed by atoms with Gasteiger partial charge in [0, 0.05) is 30.7 Å². The van der Waals surface area contributed by atoms with Gasteiger partial charge in [-0.05, 0) is 54.3 Å². The predicted octanol–water partition coefficient (Wildman–Crippen LogP) is 2.81. The Kier molecular flexibility index (Phi) is 5.00. The van der Waals surface area contributed by atoms with Gasteiger partial charge in [0.05, 0.1) is 24.5 Å². The van der Waals surface area contributed by atoms with Crippen molar-refractivity contribution in [3.8, 4) is 11.8 Å². The molecule has 0 bridgehead atoms. The quantitative estimate of drug-likeness (QED) is 0.810. The van der Waals surface area contributed by atoms with Crippen LogP contribution < -0.4 is 14.4 Å². The second-order valence-corrected chi connectivity index (χ2v) is 9.05. The van der Waals surface area contributed by atoms with Gasteiger partial charge in [-0.3, -0.25) is 0 Å². The molecule has 28 heavy (non-hydrogen) atoms. The minimum Gasteiger partial charge on any atom is -0.497 e. The lowest BCUT2D eigenvalue weighted by atomic mass is 9.82. The Hall–Kier alpha value is -2.56. The van der Waals surface area contributed by atoms with Crippen LogP contribution in [0.25, 0.3) is 0 Å². The molecule has 0 radical (unpaired) electrons. The molecule has 1 aliphatic carbocycles. The molecular weight excluding hydrogens is 374 g/mol. The van der Waals surface area contributed by atoms with E-state index in [2.05, 4.69) is 27.8 Å². The normalized spacial score (nSPS) is 20.5. The summed E-state index contributed by atoms with van der Waals surface area (Å²) in [7, 11) is -2.04. The number of anilines is 1. The summed E-state index contributed by atoms with van der Waals surface area (Å²) in [6.07, 6.45) is 1.94. The number of hydrogen-bond donors (Lipinski definition) is 1. The Morgan fingerprint density at radius 1 is 1.25 bits per heavy atom. The number of nitriles is 1. The zero-order chi connectivity index (χ0) is 19.7. The molecule has 7 heteroatoms. The van der Waals surface area contributed by atoms with Crippen LogP contribution in [-0.4, -0.2) is 34.7 Å². The summed E-state index contributed by atoms with van der Waals surface area (Å²) < 4.78 is 33.7. The summed E-state index contributed by atoms with van der Waals surface area (Å²) in [5, 5.41) is 8.91. The van der Waals surface area contributed by atoms with E-state index in [4.69, 9.17) is 10.00 Å². The third-order valence-corrected chi connectivity index (χ3v) is 7.12. The lowest BCUT2D eigenvalue weighted by molar-refractivity contribution is 0.414. The van der Waals surface area contributed by atoms with Crippen LogP contribution in [0.1, 0.15) is 29.9 Å². The van der Waals surface area contributed by atoms with Crippen molar-refractivity contribution in [3.63, 3.8) is 0 Å². The van der Waals surface area contributed by atoms with Crippen molar-refractivity contribution in [1.82, 2.24) is 4.72 Å². The number of sulfonamides is 1. The fraction of sp³-hybridized carbons (Fsp3) is 0.381. The maximum Gasteiger partial charge on any atom is 0.240 e. The Labute approximate surface area is 165 Å². The monoisotopic (exact) mass is 397 g/mol. The maximum atomic E-state index is 12.8. The van der Waals surface area contributed by atoms with Gasteiger partial charge in [0.25, 0.3) is 0 Å². The fourth-order valence-corrected chi connectivity index (χ4v) is 5.64. The minimum atomic E-state index is -3.59. The lowest BCUT2D eigenvalue weighted by Crippen LogP contribution is -2.40. The predicted molar refractivity (Wildman–Crippen MR) is 107 cm³/mol. The first-order chi connectivity index (χ1) is 13.5. The Bertz CT molecular complexity index is 1010. The number of hydrogen-bond acceptors (Lipinski definition) is 5. The summed E-state index contributed by atoms with van der Waals surface area (Å²) in [6.45, 7) is 1.56. The molecular formula is C21H23N3O3S. The Morgan fingerprint density at radius 3 is 2.75 bits per heavy atom. The molecule has 0 amide bonds. The Morgan fingerprint density at radius 2 is 2.04 bits per heavy atom. The third kappa shape index (κ3) is 3.46. The zero-order valence-corrected chi connectivity index (χ0v) is 16.6. The van der Waals surface area contributed by atoms with Crippen molar-refractivity contribution in [2.24, 2.45) is 0 Å². The largest absolute Gasteiger partial charge is 0.497 e. The van der Waals surface area contributed by atoms with Crippen molar-refractivity contribution in [2.45, 2.75) is 36.1 Å². The molecule has 1 heterocycles. The van der Waals surface area contributed by atoms with Gasteiger partial charge >= 0.3 is 0 Å². The second kappa shape index (κ2) is 7.46. The molecule has 0 saturated heterocycles. The first-order valence-electron chi connectivity index (χ1n) is 9.42. The van der Waals surface area contributed by atoms with Crippen LogP contribution in [0.5, 0.6) is 5.75 Å². The van der Waals surface area contributed by atoms with E-state index >= 15 is 0 Å². The summed E-state index contributed by atoms with van der Waals surface area (Å²) in [5.41, 5.74) is 3.74. The van der Waals surface area contributed by atoms with Crippen LogP contribution in [0.2, 0.25) is 0 Å². The highest BCUT2D eigenvalue weighted by atomic mass is 32.2. The van der Waals surface area contributed by atoms with E-state index in [-0.39, 0.29) is 10.9 Å². The molecule has 0 fully saturated rings. The summed E-state index contributed by atoms with van der Waals surface area (Å²) in [6, 6.07) is 14.7. The Balaban J connectivity index is 1.53. The second-order valence-electron chi connectivity index (χ2n) is 7.33. The van der Waals surface area contributed by atoms with Gasteiger partial charge < -0.3 is 9.64 Å². The van der Waals surface area contributed by atoms with Crippen LogP contribution in [0.3, 0.4) is 0 Å². The van der Waals surface area contributed by atoms with Crippen molar-refractivity contribution < 1.29 is 13.2 Å². The SMILES string of the molecule is COc1ccc(S(=O)(=O)NC2Cc3cccc4c3C(C2)CN4CCC#N)cc1. The van der Waals surface area contributed by atoms with Gasteiger partial charge in [-0.2, -0.15) is 5.26 Å². The summed E-state index contributed by atoms with van der Waals surface area (Å²) in [4.78, 5) is 2.50. The number of benzene rings is 2. The highest BCUT2D eigenvalue weighted by Gasteiger charge is 2.37. The number of nitrogens with zero attached hydrogens (tertiary/aromatic N) is 2. The zero-order valence-electron chi connectivity index (χ0n) is 15.8. The van der Waals surface area contributed by atoms with Crippen LogP contribution in [0.15, 0.2) is 47.4 Å². The summed E-state index contributed by atoms with van der Waals surface area (Å²) in [5.74, 6) is 0.920. The highest BCUT2D eigenvalue weighted by Crippen LogP contribution is 2.44. The molecule has 2 aromatic rings. The van der Waals surface area contributed by atoms with Crippen LogP contribution in [0, 0.1) is 11.3 Å². The molecule has 1 aliphatic heterocycles. The lowest BCUT2D eigenvalue weighted by Gasteiger charge is -2.29. The molecule has 2 aliphatic rings. The van der Waals surface area contributed by atoms with Gasteiger partial charge in [-0.1, -0.05) is 12.1 Å². The average Bonchev–Trinajstić information content (AvgIpc) is 3.05. The van der Waals surface area contributed by atoms with Crippen LogP contribution in [0.4, 0.5) is 5.69 Å². The molecule has 1 N–H and O–H groups in total. The van der Waals surface area contributed by atoms with Gasteiger partial charge in [0.15, 0.2) is 0 Å². The molecule has 0 spiro atoms. The van der Waals surface area contributed by atoms with Crippen molar-refractivity contribution >= 4 is 15.7 Å². The standard InChI is InChI=1S/C21H23N3O3S/c1-27-18-6-8-19(9-7-18)28(25,26)23-17-12-15-4-2-5-20-21(15)16(13-17)14-24(20)11-3-10-22/h2,4-9,16-17,23H,3,11-14H2,1H3. The van der Waals surface area contributed by atoms with Gasteiger partial charge in [0.1, 0.15) is 5.75 Å². The molecule has 0 aromatic heterocycles. The van der Waals surface area contributed by atoms with E-state index in [0.29, 0.717) is 31.1 Å². The third-order valence-electron chi connectivity index (χ3n) is 5.58. The van der Waals surface area contributed by atoms with E-state index in [1.165, 1.54) is 16.8 Å². The molecule has 2 aromatic carbocycles. The molecule has 2 unspecified atom stereocenters. The van der Waals surface area contributed by atoms with Crippen LogP contribution in [-0.2, 0) is 16.4 Å².